The minimum Gasteiger partial charge on any atom is -0.507 e. The van der Waals surface area contributed by atoms with Crippen LogP contribution < -0.4 is 10.7 Å². The molecule has 2 amide bonds. The van der Waals surface area contributed by atoms with E-state index in [1.807, 2.05) is 26.0 Å². The van der Waals surface area contributed by atoms with Gasteiger partial charge in [-0.2, -0.15) is 5.10 Å². The van der Waals surface area contributed by atoms with E-state index in [4.69, 9.17) is 11.6 Å². The summed E-state index contributed by atoms with van der Waals surface area (Å²) in [5.74, 6) is -1.03. The molecule has 0 fully saturated rings. The van der Waals surface area contributed by atoms with Crippen molar-refractivity contribution in [3.63, 3.8) is 0 Å². The molecule has 7 heteroatoms. The van der Waals surface area contributed by atoms with E-state index in [0.717, 1.165) is 11.1 Å². The highest BCUT2D eigenvalue weighted by atomic mass is 35.5. The molecular weight excluding hydrogens is 342 g/mol. The molecule has 3 N–H and O–H groups in total. The van der Waals surface area contributed by atoms with Gasteiger partial charge in [0.05, 0.1) is 6.21 Å². The number of aromatic hydroxyl groups is 1. The molecule has 0 aliphatic rings. The lowest BCUT2D eigenvalue weighted by Crippen LogP contribution is -2.24. The first-order chi connectivity index (χ1) is 11.8. The van der Waals surface area contributed by atoms with Gasteiger partial charge in [-0.1, -0.05) is 29.3 Å². The first kappa shape index (κ1) is 18.5. The summed E-state index contributed by atoms with van der Waals surface area (Å²) in [4.78, 5) is 23.7. The van der Waals surface area contributed by atoms with Crippen LogP contribution in [0.3, 0.4) is 0 Å². The lowest BCUT2D eigenvalue weighted by Gasteiger charge is -2.08. The van der Waals surface area contributed by atoms with Gasteiger partial charge in [-0.25, -0.2) is 5.43 Å². The van der Waals surface area contributed by atoms with Crippen molar-refractivity contribution in [2.24, 2.45) is 5.10 Å². The molecule has 0 unspecified atom stereocenters. The molecule has 0 saturated heterocycles. The van der Waals surface area contributed by atoms with Crippen LogP contribution in [0, 0.1) is 13.8 Å². The topological polar surface area (TPSA) is 90.8 Å². The Morgan fingerprint density at radius 3 is 2.64 bits per heavy atom. The predicted molar refractivity (Wildman–Crippen MR) is 98.0 cm³/mol. The number of halogens is 1. The zero-order valence-electron chi connectivity index (χ0n) is 13.8. The van der Waals surface area contributed by atoms with Gasteiger partial charge in [0.15, 0.2) is 0 Å². The van der Waals surface area contributed by atoms with Gasteiger partial charge in [0.2, 0.25) is 11.8 Å². The summed E-state index contributed by atoms with van der Waals surface area (Å²) in [6.45, 7) is 3.84. The summed E-state index contributed by atoms with van der Waals surface area (Å²) in [6, 6.07) is 10.1. The fourth-order valence-electron chi connectivity index (χ4n) is 2.14. The number of rotatable bonds is 5. The van der Waals surface area contributed by atoms with Crippen molar-refractivity contribution in [3.8, 4) is 5.75 Å². The number of nitrogens with zero attached hydrogens (tertiary/aromatic N) is 1. The van der Waals surface area contributed by atoms with Crippen molar-refractivity contribution in [2.75, 3.05) is 5.32 Å². The summed E-state index contributed by atoms with van der Waals surface area (Å²) in [6.07, 6.45) is 0.882. The third-order valence-electron chi connectivity index (χ3n) is 3.36. The molecule has 0 aliphatic heterocycles. The van der Waals surface area contributed by atoms with Crippen molar-refractivity contribution in [1.29, 1.82) is 0 Å². The zero-order chi connectivity index (χ0) is 18.4. The number of anilines is 1. The monoisotopic (exact) mass is 359 g/mol. The van der Waals surface area contributed by atoms with Gasteiger partial charge < -0.3 is 10.4 Å². The highest BCUT2D eigenvalue weighted by Gasteiger charge is 2.10. The molecule has 25 heavy (non-hydrogen) atoms. The Balaban J connectivity index is 1.88. The van der Waals surface area contributed by atoms with E-state index >= 15 is 0 Å². The molecule has 0 radical (unpaired) electrons. The third-order valence-corrected chi connectivity index (χ3v) is 3.59. The van der Waals surface area contributed by atoms with Crippen LogP contribution in [-0.2, 0) is 9.59 Å². The van der Waals surface area contributed by atoms with E-state index in [1.54, 1.807) is 6.07 Å². The standard InChI is InChI=1S/C18H18ClN3O3/c1-11-3-5-15(12(2)7-11)21-17(24)9-18(25)22-20-10-13-8-14(19)4-6-16(13)23/h3-8,10,23H,9H2,1-2H3,(H,21,24)(H,22,25). The van der Waals surface area contributed by atoms with Crippen molar-refractivity contribution in [3.05, 3.63) is 58.1 Å². The lowest BCUT2D eigenvalue weighted by atomic mass is 10.1. The van der Waals surface area contributed by atoms with E-state index in [-0.39, 0.29) is 12.2 Å². The van der Waals surface area contributed by atoms with Gasteiger partial charge in [0.1, 0.15) is 12.2 Å². The molecule has 0 aromatic heterocycles. The molecule has 0 bridgehead atoms. The fourth-order valence-corrected chi connectivity index (χ4v) is 2.32. The Morgan fingerprint density at radius 1 is 1.16 bits per heavy atom. The number of carbonyl (C=O) groups excluding carboxylic acids is 2. The van der Waals surface area contributed by atoms with Crippen molar-refractivity contribution in [1.82, 2.24) is 5.43 Å². The molecule has 0 spiro atoms. The number of aryl methyl sites for hydroxylation is 2. The minimum absolute atomic E-state index is 0.0185. The minimum atomic E-state index is -0.569. The van der Waals surface area contributed by atoms with Crippen LogP contribution in [0.5, 0.6) is 5.75 Å². The highest BCUT2D eigenvalue weighted by molar-refractivity contribution is 6.30. The second-order valence-electron chi connectivity index (χ2n) is 5.54. The smallest absolute Gasteiger partial charge is 0.249 e. The van der Waals surface area contributed by atoms with E-state index < -0.39 is 11.8 Å². The number of amides is 2. The van der Waals surface area contributed by atoms with Gasteiger partial charge in [-0.15, -0.1) is 0 Å². The summed E-state index contributed by atoms with van der Waals surface area (Å²) in [7, 11) is 0. The number of hydrogen-bond acceptors (Lipinski definition) is 4. The molecule has 2 rings (SSSR count). The van der Waals surface area contributed by atoms with Crippen molar-refractivity contribution >= 4 is 35.3 Å². The molecule has 0 saturated carbocycles. The molecule has 0 heterocycles. The summed E-state index contributed by atoms with van der Waals surface area (Å²) < 4.78 is 0. The Morgan fingerprint density at radius 2 is 1.92 bits per heavy atom. The van der Waals surface area contributed by atoms with E-state index in [1.165, 1.54) is 24.4 Å². The summed E-state index contributed by atoms with van der Waals surface area (Å²) in [5.41, 5.74) is 5.26. The van der Waals surface area contributed by atoms with Gasteiger partial charge in [-0.05, 0) is 43.7 Å². The molecular formula is C18H18ClN3O3. The van der Waals surface area contributed by atoms with Gasteiger partial charge in [-0.3, -0.25) is 9.59 Å². The molecule has 0 atom stereocenters. The SMILES string of the molecule is Cc1ccc(NC(=O)CC(=O)NN=Cc2cc(Cl)ccc2O)c(C)c1. The van der Waals surface area contributed by atoms with Crippen LogP contribution in [0.1, 0.15) is 23.1 Å². The number of nitrogens with one attached hydrogen (secondary N) is 2. The molecule has 2 aromatic carbocycles. The average molecular weight is 360 g/mol. The second kappa shape index (κ2) is 8.30. The number of phenols is 1. The number of phenolic OH excluding ortho intramolecular Hbond substituents is 1. The molecule has 0 aliphatic carbocycles. The Labute approximate surface area is 150 Å². The first-order valence-corrected chi connectivity index (χ1v) is 7.90. The van der Waals surface area contributed by atoms with Crippen LogP contribution in [0.25, 0.3) is 0 Å². The number of hydrazone groups is 1. The Hall–Kier alpha value is -2.86. The largest absolute Gasteiger partial charge is 0.507 e. The van der Waals surface area contributed by atoms with Crippen LogP contribution >= 0.6 is 11.6 Å². The summed E-state index contributed by atoms with van der Waals surface area (Å²) in [5, 5.41) is 16.5. The van der Waals surface area contributed by atoms with E-state index in [0.29, 0.717) is 16.3 Å². The maximum absolute atomic E-state index is 11.9. The number of carbonyl (C=O) groups is 2. The van der Waals surface area contributed by atoms with Crippen LogP contribution in [0.4, 0.5) is 5.69 Å². The van der Waals surface area contributed by atoms with Crippen molar-refractivity contribution < 1.29 is 14.7 Å². The summed E-state index contributed by atoms with van der Waals surface area (Å²) >= 11 is 5.81. The first-order valence-electron chi connectivity index (χ1n) is 7.52. The van der Waals surface area contributed by atoms with Crippen LogP contribution in [0.2, 0.25) is 5.02 Å². The Kier molecular flexibility index (Phi) is 6.14. The average Bonchev–Trinajstić information content (AvgIpc) is 2.53. The van der Waals surface area contributed by atoms with Gasteiger partial charge in [0, 0.05) is 16.3 Å². The van der Waals surface area contributed by atoms with Gasteiger partial charge >= 0.3 is 0 Å². The normalized spacial score (nSPS) is 10.7. The molecule has 6 nitrogen and oxygen atoms in total. The Bertz CT molecular complexity index is 834. The maximum Gasteiger partial charge on any atom is 0.249 e. The number of hydrogen-bond donors (Lipinski definition) is 3. The van der Waals surface area contributed by atoms with Crippen LogP contribution in [-0.4, -0.2) is 23.1 Å². The zero-order valence-corrected chi connectivity index (χ0v) is 14.6. The quantitative estimate of drug-likeness (QED) is 0.435. The second-order valence-corrected chi connectivity index (χ2v) is 5.98. The van der Waals surface area contributed by atoms with Crippen molar-refractivity contribution in [2.45, 2.75) is 20.3 Å². The molecule has 2 aromatic rings. The number of benzene rings is 2. The van der Waals surface area contributed by atoms with E-state index in [2.05, 4.69) is 15.8 Å². The van der Waals surface area contributed by atoms with Gasteiger partial charge in [0.25, 0.3) is 0 Å². The fraction of sp³-hybridized carbons (Fsp3) is 0.167. The maximum atomic E-state index is 11.9. The molecule has 130 valence electrons. The lowest BCUT2D eigenvalue weighted by molar-refractivity contribution is -0.126. The van der Waals surface area contributed by atoms with Crippen LogP contribution in [0.15, 0.2) is 41.5 Å². The predicted octanol–water partition coefficient (Wildman–Crippen LogP) is 3.14. The highest BCUT2D eigenvalue weighted by Crippen LogP contribution is 2.19. The third kappa shape index (κ3) is 5.61. The van der Waals surface area contributed by atoms with E-state index in [9.17, 15) is 14.7 Å².